The van der Waals surface area contributed by atoms with Gasteiger partial charge in [-0.05, 0) is 26.0 Å². The van der Waals surface area contributed by atoms with Crippen LogP contribution in [0.2, 0.25) is 0 Å². The molecule has 0 aromatic carbocycles. The normalized spacial score (nSPS) is 11.7. The number of aromatic nitrogens is 1. The van der Waals surface area contributed by atoms with Gasteiger partial charge in [0.1, 0.15) is 0 Å². The summed E-state index contributed by atoms with van der Waals surface area (Å²) in [5.41, 5.74) is 8.32. The van der Waals surface area contributed by atoms with Crippen molar-refractivity contribution in [2.24, 2.45) is 11.6 Å². The molecule has 1 rings (SSSR count). The second-order valence-corrected chi connectivity index (χ2v) is 3.33. The molecule has 0 spiro atoms. The number of carbonyl (C=O) groups is 1. The highest BCUT2D eigenvalue weighted by molar-refractivity contribution is 5.85. The number of hydrazine groups is 1. The minimum Gasteiger partial charge on any atom is -0.476 e. The number of nitrogens with one attached hydrogen (secondary N) is 1. The highest BCUT2D eigenvalue weighted by Gasteiger charge is 2.13. The molecule has 0 aliphatic heterocycles. The second-order valence-electron chi connectivity index (χ2n) is 3.33. The minimum absolute atomic E-state index is 0.230. The van der Waals surface area contributed by atoms with Gasteiger partial charge in [-0.15, -0.1) is 0 Å². The van der Waals surface area contributed by atoms with Crippen LogP contribution in [0.15, 0.2) is 23.7 Å². The van der Waals surface area contributed by atoms with Gasteiger partial charge in [-0.1, -0.05) is 0 Å². The van der Waals surface area contributed by atoms with E-state index in [4.69, 9.17) is 21.4 Å². The van der Waals surface area contributed by atoms with E-state index in [0.717, 1.165) is 5.69 Å². The molecule has 0 saturated carbocycles. The average Bonchev–Trinajstić information content (AvgIpc) is 2.27. The van der Waals surface area contributed by atoms with Crippen LogP contribution in [-0.2, 0) is 4.79 Å². The zero-order valence-electron chi connectivity index (χ0n) is 9.52. The van der Waals surface area contributed by atoms with E-state index in [1.54, 1.807) is 19.1 Å². The molecule has 0 radical (unpaired) electrons. The fourth-order valence-electron chi connectivity index (χ4n) is 1.15. The molecular formula is C10H14N4O3. The van der Waals surface area contributed by atoms with E-state index in [0.29, 0.717) is 11.4 Å². The van der Waals surface area contributed by atoms with Crippen molar-refractivity contribution in [1.82, 2.24) is 10.4 Å². The summed E-state index contributed by atoms with van der Waals surface area (Å²) in [6.45, 7) is 3.56. The molecule has 1 aromatic rings. The molecule has 0 aliphatic rings. The first kappa shape index (κ1) is 12.8. The smallest absolute Gasteiger partial charge is 0.357 e. The van der Waals surface area contributed by atoms with Crippen molar-refractivity contribution in [2.75, 3.05) is 0 Å². The monoisotopic (exact) mass is 238 g/mol. The molecule has 1 heterocycles. The van der Waals surface area contributed by atoms with E-state index in [-0.39, 0.29) is 5.88 Å². The van der Waals surface area contributed by atoms with Crippen LogP contribution in [0.5, 0.6) is 5.75 Å². The molecule has 0 atom stereocenters. The van der Waals surface area contributed by atoms with E-state index >= 15 is 0 Å². The third kappa shape index (κ3) is 3.08. The summed E-state index contributed by atoms with van der Waals surface area (Å²) in [4.78, 5) is 14.8. The van der Waals surface area contributed by atoms with Crippen LogP contribution in [0.3, 0.4) is 0 Å². The average molecular weight is 238 g/mol. The lowest BCUT2D eigenvalue weighted by molar-refractivity contribution is -0.132. The lowest BCUT2D eigenvalue weighted by Gasteiger charge is -2.12. The third-order valence-corrected chi connectivity index (χ3v) is 1.99. The molecule has 7 heteroatoms. The van der Waals surface area contributed by atoms with Crippen LogP contribution >= 0.6 is 0 Å². The number of pyridine rings is 1. The van der Waals surface area contributed by atoms with Crippen molar-refractivity contribution in [3.05, 3.63) is 35.1 Å². The number of hydrogen-bond acceptors (Lipinski definition) is 6. The lowest BCUT2D eigenvalue weighted by Crippen LogP contribution is -2.31. The van der Waals surface area contributed by atoms with Gasteiger partial charge in [-0.3, -0.25) is 10.4 Å². The number of carboxylic acid groups (broad SMARTS) is 1. The summed E-state index contributed by atoms with van der Waals surface area (Å²) in [7, 11) is 0. The molecule has 7 nitrogen and oxygen atoms in total. The number of rotatable bonds is 4. The van der Waals surface area contributed by atoms with Gasteiger partial charge in [0.2, 0.25) is 5.88 Å². The standard InChI is InChI=1S/C10H14N4O3/c1-5-3-4-7(6(2)13-5)17-9(14-12)8(11)10(15)16/h3-4,14H,11-12H2,1-2H3,(H,15,16)/b9-8+. The van der Waals surface area contributed by atoms with E-state index < -0.39 is 11.7 Å². The molecule has 0 fully saturated rings. The molecular weight excluding hydrogens is 224 g/mol. The van der Waals surface area contributed by atoms with E-state index in [1.165, 1.54) is 0 Å². The van der Waals surface area contributed by atoms with Gasteiger partial charge in [0.05, 0.1) is 5.69 Å². The summed E-state index contributed by atoms with van der Waals surface area (Å²) in [6.07, 6.45) is 0. The number of aryl methyl sites for hydroxylation is 2. The number of nitrogens with two attached hydrogens (primary N) is 2. The minimum atomic E-state index is -1.32. The molecule has 92 valence electrons. The number of ether oxygens (including phenoxy) is 1. The Labute approximate surface area is 98.1 Å². The lowest BCUT2D eigenvalue weighted by atomic mass is 10.3. The second kappa shape index (κ2) is 5.17. The molecule has 0 amide bonds. The Morgan fingerprint density at radius 3 is 2.59 bits per heavy atom. The van der Waals surface area contributed by atoms with Gasteiger partial charge in [-0.2, -0.15) is 0 Å². The summed E-state index contributed by atoms with van der Waals surface area (Å²) >= 11 is 0. The maximum Gasteiger partial charge on any atom is 0.357 e. The largest absolute Gasteiger partial charge is 0.476 e. The predicted octanol–water partition coefficient (Wildman–Crippen LogP) is -0.247. The van der Waals surface area contributed by atoms with Crippen molar-refractivity contribution < 1.29 is 14.6 Å². The van der Waals surface area contributed by atoms with Gasteiger partial charge in [0.25, 0.3) is 0 Å². The van der Waals surface area contributed by atoms with Gasteiger partial charge in [-0.25, -0.2) is 10.6 Å². The molecule has 0 unspecified atom stereocenters. The van der Waals surface area contributed by atoms with Crippen LogP contribution in [0.25, 0.3) is 0 Å². The molecule has 0 bridgehead atoms. The maximum atomic E-state index is 10.7. The van der Waals surface area contributed by atoms with E-state index in [1.807, 2.05) is 6.92 Å². The third-order valence-electron chi connectivity index (χ3n) is 1.99. The van der Waals surface area contributed by atoms with Gasteiger partial charge in [0.15, 0.2) is 11.4 Å². The molecule has 6 N–H and O–H groups in total. The Morgan fingerprint density at radius 1 is 1.47 bits per heavy atom. The Hall–Kier alpha value is -2.28. The van der Waals surface area contributed by atoms with Crippen LogP contribution in [0.1, 0.15) is 11.4 Å². The van der Waals surface area contributed by atoms with E-state index in [9.17, 15) is 4.79 Å². The van der Waals surface area contributed by atoms with Crippen LogP contribution in [-0.4, -0.2) is 16.1 Å². The highest BCUT2D eigenvalue weighted by atomic mass is 16.5. The molecule has 1 aromatic heterocycles. The van der Waals surface area contributed by atoms with Crippen LogP contribution in [0, 0.1) is 13.8 Å². The van der Waals surface area contributed by atoms with Crippen molar-refractivity contribution in [1.29, 1.82) is 0 Å². The Kier molecular flexibility index (Phi) is 3.89. The van der Waals surface area contributed by atoms with Crippen molar-refractivity contribution in [2.45, 2.75) is 13.8 Å². The Balaban J connectivity index is 3.04. The van der Waals surface area contributed by atoms with Gasteiger partial charge < -0.3 is 15.6 Å². The summed E-state index contributed by atoms with van der Waals surface area (Å²) in [5, 5.41) is 8.70. The van der Waals surface area contributed by atoms with Crippen molar-refractivity contribution >= 4 is 5.97 Å². The Morgan fingerprint density at radius 2 is 2.12 bits per heavy atom. The number of carboxylic acids is 1. The number of aliphatic carboxylic acids is 1. The first-order chi connectivity index (χ1) is 7.95. The SMILES string of the molecule is Cc1ccc(O/C(NN)=C(/N)C(=O)O)c(C)n1. The zero-order chi connectivity index (χ0) is 13.0. The van der Waals surface area contributed by atoms with Gasteiger partial charge >= 0.3 is 5.97 Å². The van der Waals surface area contributed by atoms with E-state index in [2.05, 4.69) is 10.4 Å². The summed E-state index contributed by atoms with van der Waals surface area (Å²) in [5.74, 6) is 3.97. The van der Waals surface area contributed by atoms with Crippen molar-refractivity contribution in [3.63, 3.8) is 0 Å². The molecule has 17 heavy (non-hydrogen) atoms. The topological polar surface area (TPSA) is 123 Å². The fraction of sp³-hybridized carbons (Fsp3) is 0.200. The van der Waals surface area contributed by atoms with Crippen LogP contribution < -0.4 is 21.7 Å². The highest BCUT2D eigenvalue weighted by Crippen LogP contribution is 2.17. The van der Waals surface area contributed by atoms with Gasteiger partial charge in [0, 0.05) is 5.69 Å². The summed E-state index contributed by atoms with van der Waals surface area (Å²) in [6, 6.07) is 3.39. The molecule has 0 aliphatic carbocycles. The van der Waals surface area contributed by atoms with Crippen molar-refractivity contribution in [3.8, 4) is 5.75 Å². The maximum absolute atomic E-state index is 10.7. The molecule has 0 saturated heterocycles. The Bertz CT molecular complexity index is 471. The first-order valence-electron chi connectivity index (χ1n) is 4.77. The zero-order valence-corrected chi connectivity index (χ0v) is 9.52. The van der Waals surface area contributed by atoms with Crippen LogP contribution in [0.4, 0.5) is 0 Å². The predicted molar refractivity (Wildman–Crippen MR) is 60.5 cm³/mol. The fourth-order valence-corrected chi connectivity index (χ4v) is 1.15. The quantitative estimate of drug-likeness (QED) is 0.247. The number of hydrogen-bond donors (Lipinski definition) is 4. The number of nitrogens with zero attached hydrogens (tertiary/aromatic N) is 1. The summed E-state index contributed by atoms with van der Waals surface area (Å²) < 4.78 is 5.25. The first-order valence-corrected chi connectivity index (χ1v) is 4.77.